The summed E-state index contributed by atoms with van der Waals surface area (Å²) in [5.74, 6) is 0.839. The largest absolute Gasteiger partial charge is 0.342 e. The molecule has 1 spiro atoms. The van der Waals surface area contributed by atoms with E-state index in [9.17, 15) is 13.2 Å². The van der Waals surface area contributed by atoms with Crippen LogP contribution in [-0.4, -0.2) is 59.5 Å². The van der Waals surface area contributed by atoms with Crippen LogP contribution in [0.3, 0.4) is 0 Å². The molecular formula is C17H26N4O3S. The van der Waals surface area contributed by atoms with Crippen LogP contribution in [0, 0.1) is 11.3 Å². The third kappa shape index (κ3) is 2.89. The van der Waals surface area contributed by atoms with Gasteiger partial charge in [-0.3, -0.25) is 9.48 Å². The minimum absolute atomic E-state index is 0.173. The predicted octanol–water partition coefficient (Wildman–Crippen LogP) is 1.32. The molecule has 25 heavy (non-hydrogen) atoms. The van der Waals surface area contributed by atoms with E-state index in [0.717, 1.165) is 25.9 Å². The first-order chi connectivity index (χ1) is 12.0. The van der Waals surface area contributed by atoms with Gasteiger partial charge in [-0.1, -0.05) is 0 Å². The number of hydrogen-bond acceptors (Lipinski definition) is 4. The molecule has 1 aromatic rings. The highest BCUT2D eigenvalue weighted by atomic mass is 32.2. The highest BCUT2D eigenvalue weighted by molar-refractivity contribution is 7.89. The Morgan fingerprint density at radius 3 is 2.80 bits per heavy atom. The first kappa shape index (κ1) is 17.0. The first-order valence-electron chi connectivity index (χ1n) is 9.28. The molecule has 0 aromatic carbocycles. The number of carbonyl (C=O) groups excluding carboxylic acids is 1. The molecule has 1 aliphatic carbocycles. The number of carbonyl (C=O) groups is 1. The van der Waals surface area contributed by atoms with E-state index in [-0.39, 0.29) is 10.9 Å². The van der Waals surface area contributed by atoms with Gasteiger partial charge in [-0.15, -0.1) is 0 Å². The average molecular weight is 366 g/mol. The van der Waals surface area contributed by atoms with Crippen molar-refractivity contribution < 1.29 is 13.2 Å². The smallest absolute Gasteiger partial charge is 0.260 e. The third-order valence-electron chi connectivity index (χ3n) is 5.90. The van der Waals surface area contributed by atoms with Crippen LogP contribution in [0.25, 0.3) is 0 Å². The number of likely N-dealkylation sites (tertiary alicyclic amines) is 1. The summed E-state index contributed by atoms with van der Waals surface area (Å²) < 4.78 is 29.0. The van der Waals surface area contributed by atoms with E-state index in [1.807, 2.05) is 11.8 Å². The van der Waals surface area contributed by atoms with Gasteiger partial charge < -0.3 is 4.90 Å². The van der Waals surface area contributed by atoms with Crippen LogP contribution in [-0.2, 0) is 21.4 Å². The van der Waals surface area contributed by atoms with Gasteiger partial charge in [0.15, 0.2) is 5.03 Å². The van der Waals surface area contributed by atoms with Crippen molar-refractivity contribution in [1.82, 2.24) is 19.0 Å². The molecule has 4 rings (SSSR count). The van der Waals surface area contributed by atoms with E-state index in [0.29, 0.717) is 32.0 Å². The summed E-state index contributed by atoms with van der Waals surface area (Å²) >= 11 is 0. The maximum atomic E-state index is 13.1. The molecule has 0 unspecified atom stereocenters. The van der Waals surface area contributed by atoms with E-state index in [2.05, 4.69) is 5.10 Å². The number of amides is 1. The van der Waals surface area contributed by atoms with Crippen LogP contribution in [0.2, 0.25) is 0 Å². The predicted molar refractivity (Wildman–Crippen MR) is 92.2 cm³/mol. The van der Waals surface area contributed by atoms with Crippen molar-refractivity contribution in [2.24, 2.45) is 11.3 Å². The van der Waals surface area contributed by atoms with Crippen molar-refractivity contribution in [2.45, 2.75) is 50.6 Å². The van der Waals surface area contributed by atoms with Gasteiger partial charge in [-0.25, -0.2) is 8.42 Å². The second-order valence-corrected chi connectivity index (χ2v) is 9.54. The molecule has 7 nitrogen and oxygen atoms in total. The van der Waals surface area contributed by atoms with Crippen LogP contribution in [0.5, 0.6) is 0 Å². The first-order valence-corrected chi connectivity index (χ1v) is 10.7. The maximum absolute atomic E-state index is 13.1. The zero-order valence-electron chi connectivity index (χ0n) is 14.7. The molecule has 138 valence electrons. The third-order valence-corrected chi connectivity index (χ3v) is 7.77. The van der Waals surface area contributed by atoms with Gasteiger partial charge >= 0.3 is 0 Å². The molecule has 0 radical (unpaired) electrons. The lowest BCUT2D eigenvalue weighted by Crippen LogP contribution is -2.51. The topological polar surface area (TPSA) is 75.5 Å². The Morgan fingerprint density at radius 1 is 1.28 bits per heavy atom. The lowest BCUT2D eigenvalue weighted by Gasteiger charge is -2.39. The van der Waals surface area contributed by atoms with Gasteiger partial charge in [0, 0.05) is 32.7 Å². The van der Waals surface area contributed by atoms with Crippen LogP contribution in [0.15, 0.2) is 17.3 Å². The number of sulfonamides is 1. The van der Waals surface area contributed by atoms with E-state index in [4.69, 9.17) is 0 Å². The molecule has 1 amide bonds. The molecular weight excluding hydrogens is 340 g/mol. The quantitative estimate of drug-likeness (QED) is 0.787. The minimum Gasteiger partial charge on any atom is -0.342 e. The van der Waals surface area contributed by atoms with E-state index >= 15 is 0 Å². The Bertz CT molecular complexity index is 771. The molecule has 8 heteroatoms. The highest BCUT2D eigenvalue weighted by Gasteiger charge is 2.51. The van der Waals surface area contributed by atoms with E-state index in [1.54, 1.807) is 6.07 Å². The van der Waals surface area contributed by atoms with Gasteiger partial charge in [0.2, 0.25) is 5.91 Å². The summed E-state index contributed by atoms with van der Waals surface area (Å²) in [6, 6.07) is 1.55. The fourth-order valence-electron chi connectivity index (χ4n) is 4.27. The van der Waals surface area contributed by atoms with E-state index < -0.39 is 15.4 Å². The molecule has 0 bridgehead atoms. The molecule has 3 aliphatic rings. The Balaban J connectivity index is 1.54. The fraction of sp³-hybridized carbons (Fsp3) is 0.765. The van der Waals surface area contributed by atoms with Crippen LogP contribution in [0.4, 0.5) is 0 Å². The lowest BCUT2D eigenvalue weighted by molar-refractivity contribution is -0.145. The van der Waals surface area contributed by atoms with Crippen molar-refractivity contribution in [2.75, 3.05) is 26.2 Å². The Labute approximate surface area is 149 Å². The Hall–Kier alpha value is -1.41. The number of aryl methyl sites for hydroxylation is 1. The second kappa shape index (κ2) is 6.09. The maximum Gasteiger partial charge on any atom is 0.260 e. The van der Waals surface area contributed by atoms with Gasteiger partial charge in [-0.2, -0.15) is 9.40 Å². The fourth-order valence-corrected chi connectivity index (χ4v) is 5.95. The molecule has 3 fully saturated rings. The van der Waals surface area contributed by atoms with Crippen LogP contribution >= 0.6 is 0 Å². The van der Waals surface area contributed by atoms with Gasteiger partial charge in [0.25, 0.3) is 10.0 Å². The summed E-state index contributed by atoms with van der Waals surface area (Å²) in [5, 5.41) is 4.31. The summed E-state index contributed by atoms with van der Waals surface area (Å²) in [6.45, 7) is 4.79. The van der Waals surface area contributed by atoms with Crippen molar-refractivity contribution in [3.8, 4) is 0 Å². The zero-order chi connectivity index (χ0) is 17.7. The van der Waals surface area contributed by atoms with Crippen molar-refractivity contribution in [1.29, 1.82) is 0 Å². The Kier molecular flexibility index (Phi) is 4.15. The van der Waals surface area contributed by atoms with Crippen molar-refractivity contribution in [3.05, 3.63) is 12.3 Å². The number of rotatable bonds is 5. The Morgan fingerprint density at radius 2 is 2.08 bits per heavy atom. The zero-order valence-corrected chi connectivity index (χ0v) is 15.5. The minimum atomic E-state index is -3.60. The van der Waals surface area contributed by atoms with Gasteiger partial charge in [0.05, 0.1) is 11.6 Å². The van der Waals surface area contributed by atoms with Crippen LogP contribution < -0.4 is 0 Å². The summed E-state index contributed by atoms with van der Waals surface area (Å²) in [7, 11) is -3.60. The molecule has 3 heterocycles. The second-order valence-electron chi connectivity index (χ2n) is 7.65. The van der Waals surface area contributed by atoms with Crippen molar-refractivity contribution >= 4 is 15.9 Å². The highest BCUT2D eigenvalue weighted by Crippen LogP contribution is 2.43. The number of piperidine rings is 1. The molecule has 0 N–H and O–H groups in total. The van der Waals surface area contributed by atoms with Gasteiger partial charge in [-0.05, 0) is 51.0 Å². The molecule has 1 aromatic heterocycles. The standard InChI is InChI=1S/C17H26N4O3S/c1-2-21-15(6-9-18-21)25(23,24)20-11-8-17(13-20)7-3-10-19(16(17)22)12-14-4-5-14/h6,9,14H,2-5,7-8,10-13H2,1H3/t17-/m0/s1. The number of hydrogen-bond donors (Lipinski definition) is 0. The van der Waals surface area contributed by atoms with Gasteiger partial charge in [0.1, 0.15) is 0 Å². The number of aromatic nitrogens is 2. The van der Waals surface area contributed by atoms with Crippen molar-refractivity contribution in [3.63, 3.8) is 0 Å². The van der Waals surface area contributed by atoms with Crippen LogP contribution in [0.1, 0.15) is 39.0 Å². The number of nitrogens with zero attached hydrogens (tertiary/aromatic N) is 4. The van der Waals surface area contributed by atoms with E-state index in [1.165, 1.54) is 28.0 Å². The summed E-state index contributed by atoms with van der Waals surface area (Å²) in [4.78, 5) is 15.1. The monoisotopic (exact) mass is 366 g/mol. The molecule has 2 saturated heterocycles. The summed E-state index contributed by atoms with van der Waals surface area (Å²) in [5.41, 5.74) is -0.517. The normalized spacial score (nSPS) is 28.2. The molecule has 2 aliphatic heterocycles. The molecule has 1 saturated carbocycles. The SMILES string of the molecule is CCn1nccc1S(=O)(=O)N1CC[C@@]2(CCCN(CC3CC3)C2=O)C1. The summed E-state index contributed by atoms with van der Waals surface area (Å²) in [6.07, 6.45) is 6.36. The lowest BCUT2D eigenvalue weighted by atomic mass is 9.78. The average Bonchev–Trinajstić information content (AvgIpc) is 3.11. The molecule has 1 atom stereocenters.